The van der Waals surface area contributed by atoms with Gasteiger partial charge in [0.25, 0.3) is 0 Å². The Labute approximate surface area is 168 Å². The van der Waals surface area contributed by atoms with Crippen LogP contribution in [-0.4, -0.2) is 61.4 Å². The van der Waals surface area contributed by atoms with Crippen LogP contribution in [0.5, 0.6) is 0 Å². The van der Waals surface area contributed by atoms with Crippen molar-refractivity contribution in [1.29, 1.82) is 0 Å². The third-order valence-corrected chi connectivity index (χ3v) is 5.99. The molecule has 0 atom stereocenters. The van der Waals surface area contributed by atoms with Crippen molar-refractivity contribution in [2.45, 2.75) is 46.8 Å². The van der Waals surface area contributed by atoms with Gasteiger partial charge in [0.05, 0.1) is 15.0 Å². The maximum Gasteiger partial charge on any atom is 0.224 e. The molecular formula is C18H27IN6O. The number of amides is 1. The summed E-state index contributed by atoms with van der Waals surface area (Å²) in [6.45, 7) is 12.1. The number of nitrogens with zero attached hydrogens (tertiary/aromatic N) is 6. The molecule has 26 heavy (non-hydrogen) atoms. The van der Waals surface area contributed by atoms with E-state index < -0.39 is 0 Å². The number of aromatic nitrogens is 4. The lowest BCUT2D eigenvalue weighted by Gasteiger charge is -2.34. The molecule has 0 radical (unpaired) electrons. The van der Waals surface area contributed by atoms with E-state index in [9.17, 15) is 4.79 Å². The highest BCUT2D eigenvalue weighted by Gasteiger charge is 2.22. The average Bonchev–Trinajstić information content (AvgIpc) is 3.15. The third-order valence-electron chi connectivity index (χ3n) is 4.93. The monoisotopic (exact) mass is 470 g/mol. The molecule has 142 valence electrons. The van der Waals surface area contributed by atoms with E-state index in [4.69, 9.17) is 0 Å². The van der Waals surface area contributed by atoms with Gasteiger partial charge in [-0.25, -0.2) is 0 Å². The van der Waals surface area contributed by atoms with Crippen LogP contribution in [0.1, 0.15) is 30.3 Å². The fraction of sp³-hybridized carbons (Fsp3) is 0.611. The fourth-order valence-electron chi connectivity index (χ4n) is 3.25. The predicted molar refractivity (Wildman–Crippen MR) is 109 cm³/mol. The molecule has 1 aliphatic heterocycles. The van der Waals surface area contributed by atoms with Crippen molar-refractivity contribution in [3.8, 4) is 0 Å². The Balaban J connectivity index is 1.45. The number of halogens is 1. The zero-order valence-electron chi connectivity index (χ0n) is 15.8. The Morgan fingerprint density at radius 3 is 2.35 bits per heavy atom. The minimum absolute atomic E-state index is 0.225. The molecule has 1 fully saturated rings. The summed E-state index contributed by atoms with van der Waals surface area (Å²) in [5.74, 6) is 0.225. The van der Waals surface area contributed by atoms with E-state index in [0.717, 1.165) is 54.2 Å². The van der Waals surface area contributed by atoms with Gasteiger partial charge in [-0.1, -0.05) is 0 Å². The molecule has 0 aromatic carbocycles. The van der Waals surface area contributed by atoms with E-state index in [0.29, 0.717) is 13.0 Å². The molecule has 7 nitrogen and oxygen atoms in total. The van der Waals surface area contributed by atoms with Crippen molar-refractivity contribution in [3.05, 3.63) is 32.9 Å². The lowest BCUT2D eigenvalue weighted by Crippen LogP contribution is -2.48. The van der Waals surface area contributed by atoms with Crippen molar-refractivity contribution in [2.75, 3.05) is 26.2 Å². The maximum absolute atomic E-state index is 12.5. The third kappa shape index (κ3) is 4.64. The standard InChI is InChI=1S/C18H27IN6O/c1-4-24-12-16(14(2)20-24)11-22-7-9-23(10-8-22)18(26)5-6-25-13-17(19)15(3)21-25/h12-13H,4-11H2,1-3H3. The van der Waals surface area contributed by atoms with E-state index in [1.54, 1.807) is 0 Å². The number of carbonyl (C=O) groups is 1. The molecule has 3 rings (SSSR count). The van der Waals surface area contributed by atoms with Gasteiger partial charge in [0.1, 0.15) is 0 Å². The zero-order valence-corrected chi connectivity index (χ0v) is 17.9. The second-order valence-electron chi connectivity index (χ2n) is 6.83. The number of piperazine rings is 1. The van der Waals surface area contributed by atoms with Crippen LogP contribution in [0, 0.1) is 17.4 Å². The SMILES string of the molecule is CCn1cc(CN2CCN(C(=O)CCn3cc(I)c(C)n3)CC2)c(C)n1. The Kier molecular flexibility index (Phi) is 6.33. The lowest BCUT2D eigenvalue weighted by atomic mass is 10.2. The number of carbonyl (C=O) groups excluding carboxylic acids is 1. The van der Waals surface area contributed by atoms with Gasteiger partial charge in [0.15, 0.2) is 0 Å². The maximum atomic E-state index is 12.5. The zero-order chi connectivity index (χ0) is 18.7. The van der Waals surface area contributed by atoms with Crippen LogP contribution in [0.3, 0.4) is 0 Å². The predicted octanol–water partition coefficient (Wildman–Crippen LogP) is 2.06. The molecular weight excluding hydrogens is 443 g/mol. The van der Waals surface area contributed by atoms with Crippen LogP contribution >= 0.6 is 22.6 Å². The average molecular weight is 470 g/mol. The number of rotatable bonds is 6. The quantitative estimate of drug-likeness (QED) is 0.607. The van der Waals surface area contributed by atoms with Gasteiger partial charge in [-0.15, -0.1) is 0 Å². The van der Waals surface area contributed by atoms with Gasteiger partial charge in [-0.2, -0.15) is 10.2 Å². The fourth-order valence-corrected chi connectivity index (χ4v) is 3.68. The van der Waals surface area contributed by atoms with Gasteiger partial charge in [0, 0.05) is 70.2 Å². The van der Waals surface area contributed by atoms with Gasteiger partial charge < -0.3 is 4.90 Å². The van der Waals surface area contributed by atoms with E-state index in [-0.39, 0.29) is 5.91 Å². The highest BCUT2D eigenvalue weighted by molar-refractivity contribution is 14.1. The number of aryl methyl sites for hydroxylation is 4. The summed E-state index contributed by atoms with van der Waals surface area (Å²) in [5, 5.41) is 8.94. The molecule has 0 saturated carbocycles. The van der Waals surface area contributed by atoms with E-state index in [2.05, 4.69) is 57.7 Å². The summed E-state index contributed by atoms with van der Waals surface area (Å²) < 4.78 is 5.01. The summed E-state index contributed by atoms with van der Waals surface area (Å²) in [6, 6.07) is 0. The molecule has 1 amide bonds. The van der Waals surface area contributed by atoms with Gasteiger partial charge >= 0.3 is 0 Å². The summed E-state index contributed by atoms with van der Waals surface area (Å²) in [5.41, 5.74) is 3.41. The molecule has 0 aliphatic carbocycles. The Morgan fingerprint density at radius 1 is 1.08 bits per heavy atom. The molecule has 0 bridgehead atoms. The second-order valence-corrected chi connectivity index (χ2v) is 7.99. The van der Waals surface area contributed by atoms with Crippen molar-refractivity contribution >= 4 is 28.5 Å². The van der Waals surface area contributed by atoms with E-state index >= 15 is 0 Å². The smallest absolute Gasteiger partial charge is 0.224 e. The first-order valence-electron chi connectivity index (χ1n) is 9.19. The number of hydrogen-bond donors (Lipinski definition) is 0. The molecule has 2 aromatic heterocycles. The minimum atomic E-state index is 0.225. The van der Waals surface area contributed by atoms with E-state index in [1.807, 2.05) is 27.4 Å². The molecule has 0 spiro atoms. The first-order chi connectivity index (χ1) is 12.5. The molecule has 3 heterocycles. The Bertz CT molecular complexity index is 740. The van der Waals surface area contributed by atoms with E-state index in [1.165, 1.54) is 5.56 Å². The van der Waals surface area contributed by atoms with Gasteiger partial charge in [-0.3, -0.25) is 19.1 Å². The largest absolute Gasteiger partial charge is 0.340 e. The van der Waals surface area contributed by atoms with Crippen LogP contribution in [0.25, 0.3) is 0 Å². The normalized spacial score (nSPS) is 15.6. The summed E-state index contributed by atoms with van der Waals surface area (Å²) >= 11 is 2.27. The van der Waals surface area contributed by atoms with Crippen LogP contribution in [0.2, 0.25) is 0 Å². The van der Waals surface area contributed by atoms with Gasteiger partial charge in [-0.05, 0) is 43.4 Å². The highest BCUT2D eigenvalue weighted by Crippen LogP contribution is 2.13. The molecule has 8 heteroatoms. The molecule has 0 unspecified atom stereocenters. The van der Waals surface area contributed by atoms with Crippen molar-refractivity contribution in [3.63, 3.8) is 0 Å². The van der Waals surface area contributed by atoms with Crippen LogP contribution in [0.4, 0.5) is 0 Å². The van der Waals surface area contributed by atoms with Crippen molar-refractivity contribution in [2.24, 2.45) is 0 Å². The van der Waals surface area contributed by atoms with Crippen molar-refractivity contribution < 1.29 is 4.79 Å². The molecule has 0 N–H and O–H groups in total. The van der Waals surface area contributed by atoms with Crippen LogP contribution in [-0.2, 0) is 24.4 Å². The summed E-state index contributed by atoms with van der Waals surface area (Å²) in [6.07, 6.45) is 4.65. The first-order valence-corrected chi connectivity index (χ1v) is 10.3. The van der Waals surface area contributed by atoms with Gasteiger partial charge in [0.2, 0.25) is 5.91 Å². The van der Waals surface area contributed by atoms with Crippen LogP contribution in [0.15, 0.2) is 12.4 Å². The first kappa shape index (κ1) is 19.3. The van der Waals surface area contributed by atoms with Crippen molar-refractivity contribution in [1.82, 2.24) is 29.4 Å². The highest BCUT2D eigenvalue weighted by atomic mass is 127. The Hall–Kier alpha value is -1.42. The van der Waals surface area contributed by atoms with Crippen LogP contribution < -0.4 is 0 Å². The Morgan fingerprint density at radius 2 is 1.77 bits per heavy atom. The number of hydrogen-bond acceptors (Lipinski definition) is 4. The molecule has 1 aliphatic rings. The lowest BCUT2D eigenvalue weighted by molar-refractivity contribution is -0.133. The molecule has 1 saturated heterocycles. The topological polar surface area (TPSA) is 59.2 Å². The summed E-state index contributed by atoms with van der Waals surface area (Å²) in [4.78, 5) is 16.9. The minimum Gasteiger partial charge on any atom is -0.340 e. The summed E-state index contributed by atoms with van der Waals surface area (Å²) in [7, 11) is 0. The second kappa shape index (κ2) is 8.51. The molecule has 2 aromatic rings.